The highest BCUT2D eigenvalue weighted by Crippen LogP contribution is 2.23. The lowest BCUT2D eigenvalue weighted by Crippen LogP contribution is -2.37. The summed E-state index contributed by atoms with van der Waals surface area (Å²) >= 11 is 11.8. The van der Waals surface area contributed by atoms with Crippen molar-refractivity contribution in [2.45, 2.75) is 38.1 Å². The van der Waals surface area contributed by atoms with Crippen LogP contribution in [-0.2, 0) is 25.5 Å². The number of carbonyl (C=O) groups is 2. The number of benzene rings is 1. The Bertz CT molecular complexity index is 579. The predicted molar refractivity (Wildman–Crippen MR) is 87.7 cm³/mol. The van der Waals surface area contributed by atoms with E-state index in [0.717, 1.165) is 5.56 Å². The first-order valence-corrected chi connectivity index (χ1v) is 8.14. The highest BCUT2D eigenvalue weighted by atomic mass is 35.5. The fraction of sp³-hybridized carbons (Fsp3) is 0.500. The van der Waals surface area contributed by atoms with Gasteiger partial charge in [-0.15, -0.1) is 0 Å². The van der Waals surface area contributed by atoms with E-state index in [1.165, 1.54) is 7.11 Å². The summed E-state index contributed by atoms with van der Waals surface area (Å²) in [6, 6.07) is 5.11. The van der Waals surface area contributed by atoms with Gasteiger partial charge in [0.25, 0.3) is 0 Å². The van der Waals surface area contributed by atoms with E-state index < -0.39 is 6.29 Å². The summed E-state index contributed by atoms with van der Waals surface area (Å²) in [5, 5.41) is 3.70. The zero-order valence-corrected chi connectivity index (χ0v) is 14.3. The lowest BCUT2D eigenvalue weighted by molar-refractivity contribution is -0.184. The van der Waals surface area contributed by atoms with E-state index in [2.05, 4.69) is 5.32 Å². The summed E-state index contributed by atoms with van der Waals surface area (Å²) in [7, 11) is 1.51. The van der Waals surface area contributed by atoms with Crippen molar-refractivity contribution >= 4 is 34.9 Å². The van der Waals surface area contributed by atoms with Crippen LogP contribution in [-0.4, -0.2) is 37.7 Å². The standard InChI is InChI=1S/C16H19Cl2NO4/c1-22-16-9-11(20)8-12(23-16)4-5-19-15(21)7-10-2-3-13(17)14(18)6-10/h2-3,6,12,16H,4-5,7-9H2,1H3,(H,19,21)/t12-,16?/m1/s1. The third kappa shape index (κ3) is 5.77. The van der Waals surface area contributed by atoms with Crippen molar-refractivity contribution in [2.24, 2.45) is 0 Å². The molecule has 1 aliphatic heterocycles. The van der Waals surface area contributed by atoms with Crippen molar-refractivity contribution in [3.63, 3.8) is 0 Å². The fourth-order valence-electron chi connectivity index (χ4n) is 2.41. The van der Waals surface area contributed by atoms with Crippen LogP contribution in [0.2, 0.25) is 10.0 Å². The number of ether oxygens (including phenoxy) is 2. The van der Waals surface area contributed by atoms with Crippen LogP contribution < -0.4 is 5.32 Å². The number of halogens is 2. The Balaban J connectivity index is 1.74. The first kappa shape index (κ1) is 18.2. The topological polar surface area (TPSA) is 64.6 Å². The molecule has 0 bridgehead atoms. The molecule has 1 aliphatic rings. The molecule has 1 amide bonds. The second-order valence-electron chi connectivity index (χ2n) is 5.43. The molecular weight excluding hydrogens is 341 g/mol. The summed E-state index contributed by atoms with van der Waals surface area (Å²) in [4.78, 5) is 23.5. The van der Waals surface area contributed by atoms with E-state index in [1.54, 1.807) is 18.2 Å². The molecule has 2 rings (SSSR count). The number of hydrogen-bond acceptors (Lipinski definition) is 4. The van der Waals surface area contributed by atoms with Gasteiger partial charge in [-0.25, -0.2) is 0 Å². The minimum Gasteiger partial charge on any atom is -0.356 e. The van der Waals surface area contributed by atoms with E-state index in [-0.39, 0.29) is 30.6 Å². The quantitative estimate of drug-likeness (QED) is 0.847. The van der Waals surface area contributed by atoms with Gasteiger partial charge in [0.05, 0.1) is 29.0 Å². The minimum atomic E-state index is -0.479. The van der Waals surface area contributed by atoms with Crippen LogP contribution in [0.4, 0.5) is 0 Å². The van der Waals surface area contributed by atoms with Gasteiger partial charge in [-0.1, -0.05) is 29.3 Å². The number of carbonyl (C=O) groups excluding carboxylic acids is 2. The van der Waals surface area contributed by atoms with Gasteiger partial charge in [-0.3, -0.25) is 9.59 Å². The third-order valence-electron chi connectivity index (χ3n) is 3.59. The Labute approximate surface area is 145 Å². The molecule has 1 fully saturated rings. The molecule has 1 N–H and O–H groups in total. The molecule has 7 heteroatoms. The van der Waals surface area contributed by atoms with Crippen LogP contribution in [0.25, 0.3) is 0 Å². The van der Waals surface area contributed by atoms with Gasteiger partial charge in [0, 0.05) is 20.1 Å². The second-order valence-corrected chi connectivity index (χ2v) is 6.25. The lowest BCUT2D eigenvalue weighted by Gasteiger charge is -2.28. The monoisotopic (exact) mass is 359 g/mol. The zero-order chi connectivity index (χ0) is 16.8. The number of nitrogens with one attached hydrogen (secondary N) is 1. The summed E-state index contributed by atoms with van der Waals surface area (Å²) in [5.41, 5.74) is 0.792. The van der Waals surface area contributed by atoms with E-state index >= 15 is 0 Å². The maximum atomic E-state index is 11.9. The molecule has 5 nitrogen and oxygen atoms in total. The predicted octanol–water partition coefficient (Wildman–Crippen LogP) is 2.76. The van der Waals surface area contributed by atoms with E-state index in [9.17, 15) is 9.59 Å². The van der Waals surface area contributed by atoms with Gasteiger partial charge >= 0.3 is 0 Å². The summed E-state index contributed by atoms with van der Waals surface area (Å²) in [5.74, 6) is 0.00375. The molecule has 1 aromatic carbocycles. The molecule has 126 valence electrons. The number of rotatable bonds is 6. The molecule has 2 atom stereocenters. The molecule has 1 unspecified atom stereocenters. The number of ketones is 1. The second kappa shape index (κ2) is 8.64. The third-order valence-corrected chi connectivity index (χ3v) is 4.33. The van der Waals surface area contributed by atoms with Crippen LogP contribution in [0, 0.1) is 0 Å². The average Bonchev–Trinajstić information content (AvgIpc) is 2.50. The zero-order valence-electron chi connectivity index (χ0n) is 12.8. The van der Waals surface area contributed by atoms with Crippen molar-refractivity contribution in [2.75, 3.05) is 13.7 Å². The number of methoxy groups -OCH3 is 1. The summed E-state index contributed by atoms with van der Waals surface area (Å²) < 4.78 is 10.7. The van der Waals surface area contributed by atoms with Gasteiger partial charge in [-0.05, 0) is 24.1 Å². The molecule has 1 aromatic rings. The maximum Gasteiger partial charge on any atom is 0.224 e. The van der Waals surface area contributed by atoms with E-state index in [1.807, 2.05) is 0 Å². The Morgan fingerprint density at radius 2 is 2.13 bits per heavy atom. The Hall–Kier alpha value is -1.14. The highest BCUT2D eigenvalue weighted by Gasteiger charge is 2.27. The summed E-state index contributed by atoms with van der Waals surface area (Å²) in [6.45, 7) is 0.439. The average molecular weight is 360 g/mol. The minimum absolute atomic E-state index is 0.117. The van der Waals surface area contributed by atoms with Crippen LogP contribution in [0.1, 0.15) is 24.8 Å². The van der Waals surface area contributed by atoms with Gasteiger partial charge in [0.2, 0.25) is 5.91 Å². The first-order chi connectivity index (χ1) is 11.0. The molecule has 0 radical (unpaired) electrons. The Kier molecular flexibility index (Phi) is 6.84. The fourth-order valence-corrected chi connectivity index (χ4v) is 2.73. The summed E-state index contributed by atoms with van der Waals surface area (Å²) in [6.07, 6.45) is 0.750. The maximum absolute atomic E-state index is 11.9. The van der Waals surface area contributed by atoms with Crippen molar-refractivity contribution in [1.82, 2.24) is 5.32 Å². The van der Waals surface area contributed by atoms with Crippen LogP contribution in [0.5, 0.6) is 0 Å². The molecular formula is C16H19Cl2NO4. The molecule has 0 aliphatic carbocycles. The van der Waals surface area contributed by atoms with Gasteiger partial charge in [0.1, 0.15) is 5.78 Å². The molecule has 1 heterocycles. The van der Waals surface area contributed by atoms with Gasteiger partial charge in [-0.2, -0.15) is 0 Å². The van der Waals surface area contributed by atoms with Crippen LogP contribution in [0.15, 0.2) is 18.2 Å². The van der Waals surface area contributed by atoms with E-state index in [0.29, 0.717) is 29.4 Å². The van der Waals surface area contributed by atoms with Gasteiger partial charge in [0.15, 0.2) is 6.29 Å². The smallest absolute Gasteiger partial charge is 0.224 e. The van der Waals surface area contributed by atoms with Gasteiger partial charge < -0.3 is 14.8 Å². The normalized spacial score (nSPS) is 21.3. The Morgan fingerprint density at radius 1 is 1.35 bits per heavy atom. The lowest BCUT2D eigenvalue weighted by atomic mass is 10.0. The number of hydrogen-bond donors (Lipinski definition) is 1. The number of amides is 1. The molecule has 1 saturated heterocycles. The molecule has 0 spiro atoms. The van der Waals surface area contributed by atoms with E-state index in [4.69, 9.17) is 32.7 Å². The molecule has 0 saturated carbocycles. The van der Waals surface area contributed by atoms with Crippen molar-refractivity contribution in [3.05, 3.63) is 33.8 Å². The molecule has 23 heavy (non-hydrogen) atoms. The van der Waals surface area contributed by atoms with Crippen LogP contribution in [0.3, 0.4) is 0 Å². The molecule has 0 aromatic heterocycles. The number of Topliss-reactive ketones (excluding diaryl/α,β-unsaturated/α-hetero) is 1. The van der Waals surface area contributed by atoms with Crippen molar-refractivity contribution in [1.29, 1.82) is 0 Å². The largest absolute Gasteiger partial charge is 0.356 e. The van der Waals surface area contributed by atoms with Crippen molar-refractivity contribution in [3.8, 4) is 0 Å². The highest BCUT2D eigenvalue weighted by molar-refractivity contribution is 6.42. The Morgan fingerprint density at radius 3 is 2.83 bits per heavy atom. The first-order valence-electron chi connectivity index (χ1n) is 7.38. The SMILES string of the molecule is COC1CC(=O)C[C@@H](CCNC(=O)Cc2ccc(Cl)c(Cl)c2)O1. The van der Waals surface area contributed by atoms with Crippen LogP contribution >= 0.6 is 23.2 Å². The van der Waals surface area contributed by atoms with Crippen molar-refractivity contribution < 1.29 is 19.1 Å².